The van der Waals surface area contributed by atoms with Gasteiger partial charge in [-0.05, 0) is 69.4 Å². The fraction of sp³-hybridized carbons (Fsp3) is 0.545. The number of hydrogen-bond acceptors (Lipinski definition) is 56. The van der Waals surface area contributed by atoms with Crippen molar-refractivity contribution >= 4 is 215 Å². The Labute approximate surface area is 763 Å². The van der Waals surface area contributed by atoms with Crippen molar-refractivity contribution < 1.29 is 257 Å². The number of aromatic amines is 1. The van der Waals surface area contributed by atoms with Crippen LogP contribution in [0.1, 0.15) is 11.1 Å². The van der Waals surface area contributed by atoms with E-state index in [1.165, 1.54) is 50.2 Å². The summed E-state index contributed by atoms with van der Waals surface area (Å²) in [6.07, 6.45) is 9.93. The standard InChI is InChI=1S/2C10H16BO12S4.C6H3N3.4C4H11BNO7S2.2CH3.2Li/c2*1-9-7-5-6-8-10(9)27(18,19)23-11(20-24(2,12)13,21-25(3,14)15)22-26(4,16)17;1-7-5-3-4-9-6(5)8-2;4*1-14(7,8)12-5(6-3-4-11-5)13-15(2,9)10;;;;/h2*5-8H,1-4H3;3-4,9H;4*6H,3-4H2,1-2H3;2*1H3;;/q2*-1;;4*-1;4*+1. The van der Waals surface area contributed by atoms with Crippen LogP contribution in [0.5, 0.6) is 0 Å². The minimum Gasteiger partial charge on any atom is -0.528 e. The monoisotopic (exact) mass is 2140 g/mol. The number of aryl methyl sites for hydroxylation is 2. The Kier molecular flexibility index (Phi) is 50.1. The number of rotatable bonds is 34. The van der Waals surface area contributed by atoms with Crippen molar-refractivity contribution in [1.29, 1.82) is 0 Å². The first-order valence-corrected chi connectivity index (χ1v) is 59.8. The van der Waals surface area contributed by atoms with Crippen LogP contribution in [0.25, 0.3) is 9.69 Å². The van der Waals surface area contributed by atoms with Crippen molar-refractivity contribution in [3.63, 3.8) is 0 Å². The van der Waals surface area contributed by atoms with E-state index in [1.54, 1.807) is 12.3 Å². The average molecular weight is 2140 g/mol. The van der Waals surface area contributed by atoms with Gasteiger partial charge in [0.05, 0.1) is 110 Å². The van der Waals surface area contributed by atoms with Gasteiger partial charge in [0.25, 0.3) is 20.2 Å². The normalized spacial score (nSPS) is 16.9. The van der Waals surface area contributed by atoms with Gasteiger partial charge in [0.2, 0.25) is 153 Å². The van der Waals surface area contributed by atoms with Crippen LogP contribution in [0.3, 0.4) is 0 Å². The molecule has 0 radical (unpaired) electrons. The zero-order valence-electron chi connectivity index (χ0n) is 70.0. The molecule has 0 spiro atoms. The molecule has 0 amide bonds. The van der Waals surface area contributed by atoms with E-state index >= 15 is 0 Å². The maximum Gasteiger partial charge on any atom is 1.00 e. The Morgan fingerprint density at radius 1 is 0.299 bits per heavy atom. The predicted molar refractivity (Wildman–Crippen MR) is 438 cm³/mol. The second kappa shape index (κ2) is 49.1. The number of H-pyrrole nitrogens is 1. The molecule has 5 heterocycles. The molecule has 127 heavy (non-hydrogen) atoms. The number of benzene rings is 2. The van der Waals surface area contributed by atoms with E-state index in [0.29, 0.717) is 49.0 Å². The Balaban J connectivity index is -0.000000708. The molecule has 0 bridgehead atoms. The molecule has 83 heteroatoms. The van der Waals surface area contributed by atoms with Crippen LogP contribution in [0.15, 0.2) is 70.6 Å². The van der Waals surface area contributed by atoms with E-state index in [1.807, 2.05) is 0 Å². The van der Waals surface area contributed by atoms with Crippen molar-refractivity contribution in [2.45, 2.75) is 23.6 Å². The van der Waals surface area contributed by atoms with Crippen molar-refractivity contribution in [1.82, 2.24) is 25.9 Å². The Bertz CT molecular complexity index is 5440. The molecule has 0 saturated carbocycles. The van der Waals surface area contributed by atoms with Crippen LogP contribution in [0.4, 0.5) is 11.5 Å². The summed E-state index contributed by atoms with van der Waals surface area (Å²) in [5, 5.41) is 9.68. The molecule has 7 rings (SSSR count). The summed E-state index contributed by atoms with van der Waals surface area (Å²) in [5.74, 6) is 0.324. The van der Waals surface area contributed by atoms with Gasteiger partial charge >= 0.3 is 79.2 Å². The predicted octanol–water partition coefficient (Wildman–Crippen LogP) is -12.9. The SMILES string of the molecule is CS(=O)(=O)O[B-]1(OS(C)(=O)=O)NCCO1.CS(=O)(=O)O[B-]1(OS(C)(=O)=O)NCCO1.CS(=O)(=O)O[B-]1(OS(C)(=O)=O)NCCO1.CS(=O)(=O)O[B-]1(OS(C)(=O)=O)NCCO1.Cc1ccccc1S(=O)(=O)O[B-](OS(C)(=O)=O)(OS(C)(=O)=O)OS(C)(=O)=O.Cc1ccccc1S(=O)(=O)O[B-](OS(C)(=O)=O)(OS(C)(=O)=O)OS(C)(=O)=O.[C-]#[N+]c1cc[nH]c1[N+]#[C-].[CH3+].[CH3+].[Li+].[Li+]. The Hall–Kier alpha value is -3.74. The van der Waals surface area contributed by atoms with Gasteiger partial charge in [0.1, 0.15) is 0 Å². The third-order valence-electron chi connectivity index (χ3n) is 11.7. The first-order chi connectivity index (χ1) is 54.6. The number of nitrogens with zero attached hydrogens (tertiary/aromatic N) is 2. The van der Waals surface area contributed by atoms with E-state index in [9.17, 15) is 135 Å². The minimum absolute atomic E-state index is 0. The molecule has 4 fully saturated rings. The van der Waals surface area contributed by atoms with E-state index < -0.39 is 213 Å². The third-order valence-corrected chi connectivity index (χ3v) is 23.0. The molecule has 3 aromatic rings. The van der Waals surface area contributed by atoms with Crippen molar-refractivity contribution in [2.24, 2.45) is 0 Å². The maximum absolute atomic E-state index is 12.5. The van der Waals surface area contributed by atoms with Crippen molar-refractivity contribution in [3.05, 3.63) is 110 Å². The van der Waals surface area contributed by atoms with Gasteiger partial charge in [0.15, 0.2) is 0 Å². The molecule has 0 aliphatic carbocycles. The van der Waals surface area contributed by atoms with Crippen LogP contribution in [0.2, 0.25) is 0 Å². The number of aromatic nitrogens is 1. The topological polar surface area (TPSA) is 803 Å². The first-order valence-electron chi connectivity index (χ1n) is 31.5. The Morgan fingerprint density at radius 2 is 0.488 bits per heavy atom. The number of nitrogens with one attached hydrogen (secondary N) is 5. The van der Waals surface area contributed by atoms with Gasteiger partial charge in [-0.25, -0.2) is 123 Å². The minimum atomic E-state index is -5.01. The molecule has 0 atom stereocenters. The summed E-state index contributed by atoms with van der Waals surface area (Å²) in [5.41, 5.74) is 0.616. The van der Waals surface area contributed by atoms with Gasteiger partial charge in [-0.1, -0.05) is 43.0 Å². The van der Waals surface area contributed by atoms with E-state index in [4.69, 9.17) is 31.8 Å². The summed E-state index contributed by atoms with van der Waals surface area (Å²) in [7, 11) is -69.5. The second-order valence-corrected chi connectivity index (χ2v) is 49.8. The van der Waals surface area contributed by atoms with Crippen LogP contribution in [-0.4, -0.2) is 321 Å². The zero-order valence-corrected chi connectivity index (χ0v) is 83.1. The van der Waals surface area contributed by atoms with Crippen LogP contribution in [-0.2, 0) is 246 Å². The fourth-order valence-electron chi connectivity index (χ4n) is 8.53. The molecule has 59 nitrogen and oxygen atoms in total. The van der Waals surface area contributed by atoms with E-state index in [0.717, 1.165) is 62.2 Å². The van der Waals surface area contributed by atoms with Crippen LogP contribution < -0.4 is 58.6 Å². The molecular weight excluding hydrogens is 2050 g/mol. The van der Waals surface area contributed by atoms with Gasteiger partial charge in [-0.15, -0.1) is 0 Å². The summed E-state index contributed by atoms with van der Waals surface area (Å²) in [6.45, 7) is -4.41. The molecule has 2 aromatic carbocycles. The zero-order chi connectivity index (χ0) is 96.3. The quantitative estimate of drug-likeness (QED) is 0.0274. The molecule has 726 valence electrons. The molecule has 5 N–H and O–H groups in total. The molecular formula is C44H85B6Li2N7O52S16-2. The maximum atomic E-state index is 12.5. The number of hydrogen-bond donors (Lipinski definition) is 5. The van der Waals surface area contributed by atoms with E-state index in [2.05, 4.69) is 101 Å². The second-order valence-electron chi connectivity index (χ2n) is 24.3. The summed E-state index contributed by atoms with van der Waals surface area (Å²) in [4.78, 5) is 7.75. The van der Waals surface area contributed by atoms with E-state index in [-0.39, 0.29) is 116 Å². The molecule has 1 aromatic heterocycles. The van der Waals surface area contributed by atoms with Crippen LogP contribution >= 0.6 is 0 Å². The third kappa shape index (κ3) is 56.9. The molecule has 4 aliphatic heterocycles. The first kappa shape index (κ1) is 130. The summed E-state index contributed by atoms with van der Waals surface area (Å²) >= 11 is 0. The van der Waals surface area contributed by atoms with Gasteiger partial charge < -0.3 is 115 Å². The summed E-state index contributed by atoms with van der Waals surface area (Å²) < 4.78 is 451. The van der Waals surface area contributed by atoms with Gasteiger partial charge in [-0.3, -0.25) is 0 Å². The molecule has 4 saturated heterocycles. The smallest absolute Gasteiger partial charge is 0.528 e. The average Bonchev–Trinajstić information content (AvgIpc) is 1.74. The fourth-order valence-corrected chi connectivity index (χ4v) is 20.1. The van der Waals surface area contributed by atoms with Crippen molar-refractivity contribution in [3.8, 4) is 0 Å². The molecule has 0 unspecified atom stereocenters. The van der Waals surface area contributed by atoms with Gasteiger partial charge in [0, 0.05) is 41.3 Å². The summed E-state index contributed by atoms with van der Waals surface area (Å²) in [6, 6.07) is 11.8. The van der Waals surface area contributed by atoms with Gasteiger partial charge in [-0.2, -0.15) is 16.8 Å². The largest absolute Gasteiger partial charge is 1.00 e. The molecule has 4 aliphatic rings. The van der Waals surface area contributed by atoms with Crippen LogP contribution in [0, 0.1) is 41.8 Å². The Morgan fingerprint density at radius 3 is 0.622 bits per heavy atom. The van der Waals surface area contributed by atoms with Crippen molar-refractivity contribution in [2.75, 3.05) is 140 Å².